The zero-order valence-corrected chi connectivity index (χ0v) is 11.6. The number of hydrogen-bond acceptors (Lipinski definition) is 2. The van der Waals surface area contributed by atoms with Crippen molar-refractivity contribution in [2.24, 2.45) is 0 Å². The van der Waals surface area contributed by atoms with E-state index in [0.29, 0.717) is 10.5 Å². The first kappa shape index (κ1) is 12.2. The molecule has 0 aliphatic rings. The number of aromatic amines is 1. The predicted octanol–water partition coefficient (Wildman–Crippen LogP) is 3.52. The molecule has 4 rings (SSSR count). The third-order valence-electron chi connectivity index (χ3n) is 3.47. The number of H-pyrrole nitrogens is 1. The fourth-order valence-electron chi connectivity index (χ4n) is 2.50. The summed E-state index contributed by atoms with van der Waals surface area (Å²) >= 11 is 6.01. The van der Waals surface area contributed by atoms with E-state index in [1.807, 2.05) is 48.7 Å². The van der Waals surface area contributed by atoms with E-state index in [4.69, 9.17) is 11.6 Å². The molecule has 0 aliphatic heterocycles. The van der Waals surface area contributed by atoms with E-state index in [9.17, 15) is 4.79 Å². The van der Waals surface area contributed by atoms with Crippen LogP contribution in [0.1, 0.15) is 0 Å². The monoisotopic (exact) mass is 295 g/mol. The molecule has 0 amide bonds. The van der Waals surface area contributed by atoms with Crippen LogP contribution >= 0.6 is 11.6 Å². The standard InChI is InChI=1S/C16H10ClN3O/c17-10-4-3-5-11(8-10)20-9-13-12-6-1-2-7-14(12)18-16(21)15(13)19-20/h1-9H,(H,18,21). The van der Waals surface area contributed by atoms with Gasteiger partial charge in [0, 0.05) is 27.5 Å². The molecule has 0 radical (unpaired) electrons. The Labute approximate surface area is 124 Å². The van der Waals surface area contributed by atoms with Crippen molar-refractivity contribution in [2.45, 2.75) is 0 Å². The summed E-state index contributed by atoms with van der Waals surface area (Å²) in [6.45, 7) is 0. The molecular weight excluding hydrogens is 286 g/mol. The van der Waals surface area contributed by atoms with Crippen LogP contribution in [0.3, 0.4) is 0 Å². The minimum Gasteiger partial charge on any atom is -0.320 e. The largest absolute Gasteiger partial charge is 0.320 e. The van der Waals surface area contributed by atoms with Crippen molar-refractivity contribution < 1.29 is 0 Å². The third-order valence-corrected chi connectivity index (χ3v) is 3.70. The van der Waals surface area contributed by atoms with Crippen LogP contribution in [0.4, 0.5) is 0 Å². The number of fused-ring (bicyclic) bond motifs is 3. The molecule has 1 N–H and O–H groups in total. The number of benzene rings is 2. The number of rotatable bonds is 1. The lowest BCUT2D eigenvalue weighted by Gasteiger charge is -2.00. The minimum absolute atomic E-state index is 0.190. The number of hydrogen-bond donors (Lipinski definition) is 1. The second-order valence-electron chi connectivity index (χ2n) is 4.82. The van der Waals surface area contributed by atoms with Crippen LogP contribution in [0.5, 0.6) is 0 Å². The Bertz CT molecular complexity index is 1030. The molecule has 2 aromatic heterocycles. The van der Waals surface area contributed by atoms with Gasteiger partial charge >= 0.3 is 0 Å². The van der Waals surface area contributed by atoms with Gasteiger partial charge in [-0.15, -0.1) is 0 Å². The molecule has 0 saturated carbocycles. The summed E-state index contributed by atoms with van der Waals surface area (Å²) in [4.78, 5) is 15.0. The van der Waals surface area contributed by atoms with Gasteiger partial charge in [-0.3, -0.25) is 4.79 Å². The molecule has 0 fully saturated rings. The molecule has 5 heteroatoms. The molecule has 21 heavy (non-hydrogen) atoms. The lowest BCUT2D eigenvalue weighted by atomic mass is 10.1. The molecular formula is C16H10ClN3O. The van der Waals surface area contributed by atoms with Gasteiger partial charge in [0.15, 0.2) is 5.52 Å². The van der Waals surface area contributed by atoms with Crippen LogP contribution in [0.2, 0.25) is 5.02 Å². The average Bonchev–Trinajstić information content (AvgIpc) is 2.93. The maximum atomic E-state index is 12.1. The highest BCUT2D eigenvalue weighted by atomic mass is 35.5. The Morgan fingerprint density at radius 3 is 2.76 bits per heavy atom. The number of para-hydroxylation sites is 1. The van der Waals surface area contributed by atoms with Gasteiger partial charge in [-0.05, 0) is 24.3 Å². The molecule has 0 saturated heterocycles. The first-order chi connectivity index (χ1) is 10.2. The topological polar surface area (TPSA) is 50.7 Å². The number of nitrogens with zero attached hydrogens (tertiary/aromatic N) is 2. The summed E-state index contributed by atoms with van der Waals surface area (Å²) < 4.78 is 1.68. The summed E-state index contributed by atoms with van der Waals surface area (Å²) in [6, 6.07) is 15.0. The van der Waals surface area contributed by atoms with Gasteiger partial charge in [-0.25, -0.2) is 4.68 Å². The smallest absolute Gasteiger partial charge is 0.276 e. The highest BCUT2D eigenvalue weighted by molar-refractivity contribution is 6.30. The van der Waals surface area contributed by atoms with Crippen molar-refractivity contribution in [3.8, 4) is 5.69 Å². The van der Waals surface area contributed by atoms with Crippen molar-refractivity contribution in [1.82, 2.24) is 14.8 Å². The summed E-state index contributed by atoms with van der Waals surface area (Å²) in [6.07, 6.45) is 1.86. The van der Waals surface area contributed by atoms with E-state index in [1.165, 1.54) is 0 Å². The van der Waals surface area contributed by atoms with Crippen LogP contribution in [0.15, 0.2) is 59.5 Å². The van der Waals surface area contributed by atoms with E-state index < -0.39 is 0 Å². The molecule has 4 aromatic rings. The van der Waals surface area contributed by atoms with Crippen LogP contribution in [-0.2, 0) is 0 Å². The van der Waals surface area contributed by atoms with Crippen LogP contribution in [0.25, 0.3) is 27.5 Å². The molecule has 2 aromatic carbocycles. The number of aromatic nitrogens is 3. The van der Waals surface area contributed by atoms with Crippen LogP contribution < -0.4 is 5.56 Å². The average molecular weight is 296 g/mol. The predicted molar refractivity (Wildman–Crippen MR) is 84.2 cm³/mol. The lowest BCUT2D eigenvalue weighted by molar-refractivity contribution is 0.894. The Morgan fingerprint density at radius 2 is 1.90 bits per heavy atom. The maximum absolute atomic E-state index is 12.1. The third kappa shape index (κ3) is 1.92. The number of nitrogens with one attached hydrogen (secondary N) is 1. The molecule has 0 aliphatic carbocycles. The van der Waals surface area contributed by atoms with E-state index in [1.54, 1.807) is 10.7 Å². The van der Waals surface area contributed by atoms with E-state index in [-0.39, 0.29) is 5.56 Å². The fraction of sp³-hybridized carbons (Fsp3) is 0. The van der Waals surface area contributed by atoms with Gasteiger partial charge in [0.2, 0.25) is 0 Å². The lowest BCUT2D eigenvalue weighted by Crippen LogP contribution is -2.06. The van der Waals surface area contributed by atoms with Gasteiger partial charge in [0.25, 0.3) is 5.56 Å². The van der Waals surface area contributed by atoms with Crippen LogP contribution in [0, 0.1) is 0 Å². The van der Waals surface area contributed by atoms with Gasteiger partial charge in [-0.1, -0.05) is 35.9 Å². The molecule has 4 nitrogen and oxygen atoms in total. The van der Waals surface area contributed by atoms with E-state index in [2.05, 4.69) is 10.1 Å². The minimum atomic E-state index is -0.190. The molecule has 2 heterocycles. The Hall–Kier alpha value is -2.59. The van der Waals surface area contributed by atoms with Gasteiger partial charge < -0.3 is 4.98 Å². The summed E-state index contributed by atoms with van der Waals surface area (Å²) in [5, 5.41) is 6.82. The van der Waals surface area contributed by atoms with E-state index >= 15 is 0 Å². The van der Waals surface area contributed by atoms with Crippen molar-refractivity contribution in [3.63, 3.8) is 0 Å². The van der Waals surface area contributed by atoms with Gasteiger partial charge in [0.05, 0.1) is 5.69 Å². The first-order valence-corrected chi connectivity index (χ1v) is 6.86. The summed E-state index contributed by atoms with van der Waals surface area (Å²) in [5.74, 6) is 0. The number of pyridine rings is 1. The molecule has 102 valence electrons. The summed E-state index contributed by atoms with van der Waals surface area (Å²) in [7, 11) is 0. The number of halogens is 1. The summed E-state index contributed by atoms with van der Waals surface area (Å²) in [5.41, 5.74) is 1.86. The SMILES string of the molecule is O=c1[nH]c2ccccc2c2cn(-c3cccc(Cl)c3)nc12. The van der Waals surface area contributed by atoms with Crippen molar-refractivity contribution >= 4 is 33.4 Å². The zero-order valence-electron chi connectivity index (χ0n) is 10.9. The Kier molecular flexibility index (Phi) is 2.59. The highest BCUT2D eigenvalue weighted by Crippen LogP contribution is 2.22. The normalized spacial score (nSPS) is 11.3. The maximum Gasteiger partial charge on any atom is 0.276 e. The van der Waals surface area contributed by atoms with Crippen LogP contribution in [-0.4, -0.2) is 14.8 Å². The highest BCUT2D eigenvalue weighted by Gasteiger charge is 2.10. The fourth-order valence-corrected chi connectivity index (χ4v) is 2.68. The van der Waals surface area contributed by atoms with Crippen molar-refractivity contribution in [3.05, 3.63) is 70.1 Å². The van der Waals surface area contributed by atoms with E-state index in [0.717, 1.165) is 22.0 Å². The van der Waals surface area contributed by atoms with Gasteiger partial charge in [-0.2, -0.15) is 5.10 Å². The van der Waals surface area contributed by atoms with Gasteiger partial charge in [0.1, 0.15) is 0 Å². The Balaban J connectivity index is 2.08. The Morgan fingerprint density at radius 1 is 1.05 bits per heavy atom. The molecule has 0 atom stereocenters. The molecule has 0 unspecified atom stereocenters. The second kappa shape index (κ2) is 4.46. The molecule has 0 bridgehead atoms. The van der Waals surface area contributed by atoms with Crippen molar-refractivity contribution in [1.29, 1.82) is 0 Å². The second-order valence-corrected chi connectivity index (χ2v) is 5.25. The zero-order chi connectivity index (χ0) is 14.4. The quantitative estimate of drug-likeness (QED) is 0.584. The molecule has 0 spiro atoms. The first-order valence-electron chi connectivity index (χ1n) is 6.49. The van der Waals surface area contributed by atoms with Crippen molar-refractivity contribution in [2.75, 3.05) is 0 Å².